The quantitative estimate of drug-likeness (QED) is 0.679. The van der Waals surface area contributed by atoms with Crippen molar-refractivity contribution in [2.45, 2.75) is 27.2 Å². The maximum atomic E-state index is 12.7. The Morgan fingerprint density at radius 1 is 0.950 bits per heavy atom. The number of fused-ring (bicyclic) bond motifs is 2. The van der Waals surface area contributed by atoms with Crippen LogP contribution in [-0.4, -0.2) is 16.6 Å². The topological polar surface area (TPSA) is 47.0 Å². The van der Waals surface area contributed by atoms with E-state index >= 15 is 0 Å². The third-order valence-corrected chi connectivity index (χ3v) is 3.93. The molecule has 1 aromatic heterocycles. The van der Waals surface area contributed by atoms with E-state index < -0.39 is 0 Å². The van der Waals surface area contributed by atoms with E-state index in [0.29, 0.717) is 27.9 Å². The molecule has 100 valence electrons. The molecule has 1 aliphatic rings. The Labute approximate surface area is 117 Å². The molecule has 0 aliphatic heterocycles. The molecule has 1 heterocycles. The van der Waals surface area contributed by atoms with Gasteiger partial charge in [0.2, 0.25) is 0 Å². The molecule has 1 aromatic carbocycles. The average molecular weight is 265 g/mol. The molecule has 0 N–H and O–H groups in total. The van der Waals surface area contributed by atoms with Gasteiger partial charge in [0.1, 0.15) is 0 Å². The van der Waals surface area contributed by atoms with Gasteiger partial charge in [-0.2, -0.15) is 0 Å². The summed E-state index contributed by atoms with van der Waals surface area (Å²) in [5, 5.41) is 0. The van der Waals surface area contributed by atoms with Crippen LogP contribution in [0.15, 0.2) is 24.3 Å². The molecule has 3 rings (SSSR count). The summed E-state index contributed by atoms with van der Waals surface area (Å²) in [6, 6.07) is 7.00. The Hall–Kier alpha value is -2.29. The average Bonchev–Trinajstić information content (AvgIpc) is 2.46. The molecule has 1 aliphatic carbocycles. The first kappa shape index (κ1) is 12.7. The number of carbonyl (C=O) groups is 2. The molecule has 0 saturated heterocycles. The monoisotopic (exact) mass is 265 g/mol. The highest BCUT2D eigenvalue weighted by molar-refractivity contribution is 6.29. The molecular weight excluding hydrogens is 250 g/mol. The van der Waals surface area contributed by atoms with Crippen LogP contribution >= 0.6 is 0 Å². The normalized spacial score (nSPS) is 13.2. The third kappa shape index (κ3) is 1.56. The minimum Gasteiger partial charge on any atom is -0.289 e. The highest BCUT2D eigenvalue weighted by atomic mass is 16.1. The van der Waals surface area contributed by atoms with Gasteiger partial charge in [-0.05, 0) is 25.8 Å². The van der Waals surface area contributed by atoms with Crippen LogP contribution in [0.2, 0.25) is 0 Å². The van der Waals surface area contributed by atoms with Crippen LogP contribution in [0.4, 0.5) is 0 Å². The van der Waals surface area contributed by atoms with Crippen molar-refractivity contribution in [1.29, 1.82) is 0 Å². The molecule has 0 radical (unpaired) electrons. The number of pyridine rings is 1. The molecule has 0 amide bonds. The Morgan fingerprint density at radius 3 is 2.05 bits per heavy atom. The molecular formula is C17H15NO2. The van der Waals surface area contributed by atoms with Crippen LogP contribution in [0.5, 0.6) is 0 Å². The van der Waals surface area contributed by atoms with Gasteiger partial charge in [-0.1, -0.05) is 31.2 Å². The van der Waals surface area contributed by atoms with Gasteiger partial charge in [0.15, 0.2) is 11.6 Å². The number of hydrogen-bond acceptors (Lipinski definition) is 3. The number of aryl methyl sites for hydroxylation is 2. The fraction of sp³-hybridized carbons (Fsp3) is 0.235. The predicted octanol–water partition coefficient (Wildman–Crippen LogP) is 3.04. The molecule has 3 nitrogen and oxygen atoms in total. The molecule has 3 heteroatoms. The number of aromatic nitrogens is 1. The van der Waals surface area contributed by atoms with Crippen molar-refractivity contribution >= 4 is 11.6 Å². The Morgan fingerprint density at radius 2 is 1.50 bits per heavy atom. The van der Waals surface area contributed by atoms with Crippen molar-refractivity contribution in [3.63, 3.8) is 0 Å². The van der Waals surface area contributed by atoms with Crippen molar-refractivity contribution in [1.82, 2.24) is 4.98 Å². The van der Waals surface area contributed by atoms with Crippen molar-refractivity contribution in [2.24, 2.45) is 0 Å². The Kier molecular flexibility index (Phi) is 2.78. The maximum Gasteiger partial charge on any atom is 0.196 e. The molecule has 0 fully saturated rings. The van der Waals surface area contributed by atoms with Crippen LogP contribution in [0, 0.1) is 13.8 Å². The number of hydrogen-bond donors (Lipinski definition) is 0. The second-order valence-electron chi connectivity index (χ2n) is 5.08. The van der Waals surface area contributed by atoms with Crippen LogP contribution in [0.3, 0.4) is 0 Å². The van der Waals surface area contributed by atoms with Gasteiger partial charge in [-0.15, -0.1) is 0 Å². The largest absolute Gasteiger partial charge is 0.289 e. The van der Waals surface area contributed by atoms with Gasteiger partial charge in [-0.3, -0.25) is 14.6 Å². The zero-order chi connectivity index (χ0) is 14.4. The molecule has 0 atom stereocenters. The van der Waals surface area contributed by atoms with Crippen LogP contribution in [-0.2, 0) is 6.42 Å². The summed E-state index contributed by atoms with van der Waals surface area (Å²) in [4.78, 5) is 29.8. The van der Waals surface area contributed by atoms with Gasteiger partial charge in [0.05, 0.1) is 5.56 Å². The van der Waals surface area contributed by atoms with Gasteiger partial charge < -0.3 is 0 Å². The van der Waals surface area contributed by atoms with Crippen molar-refractivity contribution < 1.29 is 9.59 Å². The van der Waals surface area contributed by atoms with E-state index in [1.54, 1.807) is 31.2 Å². The number of carbonyl (C=O) groups excluding carboxylic acids is 2. The summed E-state index contributed by atoms with van der Waals surface area (Å²) in [6.45, 7) is 5.68. The zero-order valence-corrected chi connectivity index (χ0v) is 11.8. The summed E-state index contributed by atoms with van der Waals surface area (Å²) in [5.74, 6) is -0.154. The minimum atomic E-state index is -0.0917. The smallest absolute Gasteiger partial charge is 0.196 e. The van der Waals surface area contributed by atoms with Gasteiger partial charge in [0, 0.05) is 28.1 Å². The van der Waals surface area contributed by atoms with E-state index in [1.807, 2.05) is 13.8 Å². The third-order valence-electron chi connectivity index (χ3n) is 3.93. The van der Waals surface area contributed by atoms with Gasteiger partial charge >= 0.3 is 0 Å². The first-order valence-electron chi connectivity index (χ1n) is 6.74. The van der Waals surface area contributed by atoms with Crippen LogP contribution in [0.1, 0.15) is 55.7 Å². The molecule has 0 bridgehead atoms. The highest BCUT2D eigenvalue weighted by Crippen LogP contribution is 2.31. The summed E-state index contributed by atoms with van der Waals surface area (Å²) < 4.78 is 0. The molecule has 2 aromatic rings. The first-order chi connectivity index (χ1) is 9.56. The summed E-state index contributed by atoms with van der Waals surface area (Å²) in [6.07, 6.45) is 0.753. The number of ketones is 2. The number of rotatable bonds is 1. The SMILES string of the molecule is CCc1nc(C)c2c(c1C)C(=O)c1ccccc1C2=O. The lowest BCUT2D eigenvalue weighted by Crippen LogP contribution is -2.24. The van der Waals surface area contributed by atoms with Gasteiger partial charge in [-0.25, -0.2) is 0 Å². The fourth-order valence-electron chi connectivity index (χ4n) is 2.91. The Balaban J connectivity index is 2.39. The fourth-order valence-corrected chi connectivity index (χ4v) is 2.91. The number of benzene rings is 1. The van der Waals surface area contributed by atoms with Gasteiger partial charge in [0.25, 0.3) is 0 Å². The summed E-state index contributed by atoms with van der Waals surface area (Å²) in [5.41, 5.74) is 4.37. The molecule has 0 unspecified atom stereocenters. The predicted molar refractivity (Wildman–Crippen MR) is 76.4 cm³/mol. The van der Waals surface area contributed by atoms with Crippen molar-refractivity contribution in [3.05, 3.63) is 63.5 Å². The van der Waals surface area contributed by atoms with E-state index in [2.05, 4.69) is 4.98 Å². The molecule has 20 heavy (non-hydrogen) atoms. The van der Waals surface area contributed by atoms with E-state index in [-0.39, 0.29) is 11.6 Å². The van der Waals surface area contributed by atoms with E-state index in [0.717, 1.165) is 17.7 Å². The maximum absolute atomic E-state index is 12.7. The number of nitrogens with zero attached hydrogens (tertiary/aromatic N) is 1. The lowest BCUT2D eigenvalue weighted by atomic mass is 9.81. The lowest BCUT2D eigenvalue weighted by molar-refractivity contribution is 0.0977. The highest BCUT2D eigenvalue weighted by Gasteiger charge is 2.33. The second-order valence-corrected chi connectivity index (χ2v) is 5.08. The van der Waals surface area contributed by atoms with Crippen LogP contribution in [0.25, 0.3) is 0 Å². The lowest BCUT2D eigenvalue weighted by Gasteiger charge is -2.21. The zero-order valence-electron chi connectivity index (χ0n) is 11.8. The molecule has 0 spiro atoms. The van der Waals surface area contributed by atoms with E-state index in [4.69, 9.17) is 0 Å². The van der Waals surface area contributed by atoms with Crippen LogP contribution < -0.4 is 0 Å². The Bertz CT molecular complexity index is 760. The minimum absolute atomic E-state index is 0.0621. The molecule has 0 saturated carbocycles. The van der Waals surface area contributed by atoms with E-state index in [1.165, 1.54) is 0 Å². The first-order valence-corrected chi connectivity index (χ1v) is 6.74. The van der Waals surface area contributed by atoms with Crippen molar-refractivity contribution in [2.75, 3.05) is 0 Å². The second kappa shape index (κ2) is 4.37. The van der Waals surface area contributed by atoms with E-state index in [9.17, 15) is 9.59 Å². The summed E-state index contributed by atoms with van der Waals surface area (Å²) in [7, 11) is 0. The summed E-state index contributed by atoms with van der Waals surface area (Å²) >= 11 is 0. The van der Waals surface area contributed by atoms with Crippen molar-refractivity contribution in [3.8, 4) is 0 Å². The standard InChI is InChI=1S/C17H15NO2/c1-4-13-9(2)14-15(10(3)18-13)17(20)12-8-6-5-7-11(12)16(14)19/h5-8H,4H2,1-3H3.